The number of nitrogens with two attached hydrogens (primary N) is 1. The minimum absolute atomic E-state index is 0.637. The van der Waals surface area contributed by atoms with Crippen molar-refractivity contribution < 1.29 is 0 Å². The van der Waals surface area contributed by atoms with Crippen molar-refractivity contribution in [3.8, 4) is 0 Å². The summed E-state index contributed by atoms with van der Waals surface area (Å²) in [7, 11) is 0. The second-order valence-electron chi connectivity index (χ2n) is 5.06. The van der Waals surface area contributed by atoms with E-state index in [0.29, 0.717) is 5.92 Å². The first-order valence-electron chi connectivity index (χ1n) is 6.45. The highest BCUT2D eigenvalue weighted by Gasteiger charge is 2.24. The number of nitrogen functional groups attached to an aromatic ring is 1. The van der Waals surface area contributed by atoms with Crippen molar-refractivity contribution in [2.24, 2.45) is 5.92 Å². The Bertz CT molecular complexity index is 338. The van der Waals surface area contributed by atoms with Crippen molar-refractivity contribution in [2.45, 2.75) is 58.3 Å². The van der Waals surface area contributed by atoms with Gasteiger partial charge in [0.15, 0.2) is 0 Å². The molecule has 0 saturated heterocycles. The third kappa shape index (κ3) is 2.57. The maximum atomic E-state index is 6.09. The number of nitrogens with zero attached hydrogens (tertiary/aromatic N) is 1. The van der Waals surface area contributed by atoms with Gasteiger partial charge in [-0.25, -0.2) is 4.98 Å². The van der Waals surface area contributed by atoms with Gasteiger partial charge in [0.1, 0.15) is 5.00 Å². The Morgan fingerprint density at radius 2 is 2.00 bits per heavy atom. The zero-order chi connectivity index (χ0) is 11.5. The number of rotatable bonds is 3. The van der Waals surface area contributed by atoms with Crippen LogP contribution < -0.4 is 5.73 Å². The molecule has 0 amide bonds. The van der Waals surface area contributed by atoms with Gasteiger partial charge in [-0.3, -0.25) is 0 Å². The molecule has 1 aliphatic rings. The molecule has 2 rings (SSSR count). The summed E-state index contributed by atoms with van der Waals surface area (Å²) in [5.74, 6) is 1.53. The highest BCUT2D eigenvalue weighted by molar-refractivity contribution is 7.15. The van der Waals surface area contributed by atoms with E-state index in [1.54, 1.807) is 11.3 Å². The first kappa shape index (κ1) is 11.9. The van der Waals surface area contributed by atoms with Crippen LogP contribution in [-0.4, -0.2) is 4.98 Å². The van der Waals surface area contributed by atoms with Crippen molar-refractivity contribution in [1.82, 2.24) is 4.98 Å². The zero-order valence-corrected chi connectivity index (χ0v) is 11.1. The van der Waals surface area contributed by atoms with Gasteiger partial charge in [-0.2, -0.15) is 0 Å². The van der Waals surface area contributed by atoms with Crippen molar-refractivity contribution in [1.29, 1.82) is 0 Å². The monoisotopic (exact) mass is 238 g/mol. The van der Waals surface area contributed by atoms with E-state index in [2.05, 4.69) is 13.8 Å². The van der Waals surface area contributed by atoms with Gasteiger partial charge in [-0.1, -0.05) is 26.7 Å². The predicted molar refractivity (Wildman–Crippen MR) is 70.9 cm³/mol. The van der Waals surface area contributed by atoms with E-state index in [1.807, 2.05) is 0 Å². The third-order valence-corrected chi connectivity index (χ3v) is 4.55. The standard InChI is InChI=1S/C13H22N2S/c1-3-4-11-15-12(13(14)16-11)10-7-5-9(2)6-8-10/h9-10H,3-8,14H2,1-2H3. The topological polar surface area (TPSA) is 38.9 Å². The Morgan fingerprint density at radius 1 is 1.31 bits per heavy atom. The fourth-order valence-electron chi connectivity index (χ4n) is 2.54. The van der Waals surface area contributed by atoms with Crippen molar-refractivity contribution >= 4 is 16.3 Å². The van der Waals surface area contributed by atoms with Crippen LogP contribution in [-0.2, 0) is 6.42 Å². The van der Waals surface area contributed by atoms with Crippen molar-refractivity contribution in [3.05, 3.63) is 10.7 Å². The van der Waals surface area contributed by atoms with Gasteiger partial charge >= 0.3 is 0 Å². The third-order valence-electron chi connectivity index (χ3n) is 3.59. The van der Waals surface area contributed by atoms with E-state index in [9.17, 15) is 0 Å². The van der Waals surface area contributed by atoms with Gasteiger partial charge < -0.3 is 5.73 Å². The minimum Gasteiger partial charge on any atom is -0.389 e. The summed E-state index contributed by atoms with van der Waals surface area (Å²) in [4.78, 5) is 4.74. The first-order valence-corrected chi connectivity index (χ1v) is 7.27. The lowest BCUT2D eigenvalue weighted by Gasteiger charge is -2.25. The fourth-order valence-corrected chi connectivity index (χ4v) is 3.56. The van der Waals surface area contributed by atoms with Crippen LogP contribution in [0.5, 0.6) is 0 Å². The summed E-state index contributed by atoms with van der Waals surface area (Å²) in [5, 5.41) is 2.21. The molecule has 0 radical (unpaired) electrons. The molecule has 1 saturated carbocycles. The number of anilines is 1. The second-order valence-corrected chi connectivity index (χ2v) is 6.18. The van der Waals surface area contributed by atoms with E-state index >= 15 is 0 Å². The van der Waals surface area contributed by atoms with E-state index in [1.165, 1.54) is 36.4 Å². The Balaban J connectivity index is 2.08. The maximum Gasteiger partial charge on any atom is 0.110 e. The zero-order valence-electron chi connectivity index (χ0n) is 10.3. The molecule has 0 bridgehead atoms. The Labute approximate surface area is 102 Å². The average Bonchev–Trinajstić information content (AvgIpc) is 2.61. The summed E-state index contributed by atoms with van der Waals surface area (Å²) in [5.41, 5.74) is 7.30. The van der Waals surface area contributed by atoms with Gasteiger partial charge in [-0.05, 0) is 31.6 Å². The summed E-state index contributed by atoms with van der Waals surface area (Å²) in [6, 6.07) is 0. The largest absolute Gasteiger partial charge is 0.389 e. The SMILES string of the molecule is CCCc1nc(C2CCC(C)CC2)c(N)s1. The smallest absolute Gasteiger partial charge is 0.110 e. The molecule has 2 nitrogen and oxygen atoms in total. The number of aromatic nitrogens is 1. The van der Waals surface area contributed by atoms with Crippen LogP contribution >= 0.6 is 11.3 Å². The fraction of sp³-hybridized carbons (Fsp3) is 0.769. The van der Waals surface area contributed by atoms with Gasteiger partial charge in [-0.15, -0.1) is 11.3 Å². The molecule has 90 valence electrons. The van der Waals surface area contributed by atoms with Crippen LogP contribution in [0.1, 0.15) is 62.6 Å². The Hall–Kier alpha value is -0.570. The first-order chi connectivity index (χ1) is 7.70. The summed E-state index contributed by atoms with van der Waals surface area (Å²) < 4.78 is 0. The molecular formula is C13H22N2S. The molecule has 0 atom stereocenters. The number of aryl methyl sites for hydroxylation is 1. The molecule has 1 aliphatic carbocycles. The number of thiazole rings is 1. The predicted octanol–water partition coefficient (Wildman–Crippen LogP) is 3.97. The highest BCUT2D eigenvalue weighted by atomic mass is 32.1. The molecule has 1 fully saturated rings. The molecule has 2 N–H and O–H groups in total. The molecule has 0 aliphatic heterocycles. The Kier molecular flexibility index (Phi) is 3.85. The molecule has 0 spiro atoms. The van der Waals surface area contributed by atoms with Crippen LogP contribution in [0, 0.1) is 5.92 Å². The molecule has 1 heterocycles. The van der Waals surface area contributed by atoms with Gasteiger partial charge in [0, 0.05) is 5.92 Å². The van der Waals surface area contributed by atoms with Crippen molar-refractivity contribution in [3.63, 3.8) is 0 Å². The number of hydrogen-bond donors (Lipinski definition) is 1. The average molecular weight is 238 g/mol. The van der Waals surface area contributed by atoms with Crippen LogP contribution in [0.4, 0.5) is 5.00 Å². The van der Waals surface area contributed by atoms with Crippen LogP contribution in [0.3, 0.4) is 0 Å². The summed E-state index contributed by atoms with van der Waals surface area (Å²) >= 11 is 1.70. The van der Waals surface area contributed by atoms with E-state index in [4.69, 9.17) is 10.7 Å². The highest BCUT2D eigenvalue weighted by Crippen LogP contribution is 2.39. The minimum atomic E-state index is 0.637. The summed E-state index contributed by atoms with van der Waals surface area (Å²) in [6.45, 7) is 4.54. The van der Waals surface area contributed by atoms with Gasteiger partial charge in [0.2, 0.25) is 0 Å². The van der Waals surface area contributed by atoms with Gasteiger partial charge in [0.05, 0.1) is 10.7 Å². The molecule has 3 heteroatoms. The lowest BCUT2D eigenvalue weighted by molar-refractivity contribution is 0.345. The van der Waals surface area contributed by atoms with E-state index in [0.717, 1.165) is 23.8 Å². The summed E-state index contributed by atoms with van der Waals surface area (Å²) in [6.07, 6.45) is 7.48. The second kappa shape index (κ2) is 5.17. The van der Waals surface area contributed by atoms with Crippen LogP contribution in [0.25, 0.3) is 0 Å². The molecular weight excluding hydrogens is 216 g/mol. The molecule has 1 aromatic rings. The lowest BCUT2D eigenvalue weighted by Crippen LogP contribution is -2.12. The van der Waals surface area contributed by atoms with E-state index < -0.39 is 0 Å². The quantitative estimate of drug-likeness (QED) is 0.865. The van der Waals surface area contributed by atoms with Crippen LogP contribution in [0.15, 0.2) is 0 Å². The molecule has 16 heavy (non-hydrogen) atoms. The lowest BCUT2D eigenvalue weighted by atomic mass is 9.81. The molecule has 1 aromatic heterocycles. The van der Waals surface area contributed by atoms with Crippen LogP contribution in [0.2, 0.25) is 0 Å². The van der Waals surface area contributed by atoms with Gasteiger partial charge in [0.25, 0.3) is 0 Å². The number of hydrogen-bond acceptors (Lipinski definition) is 3. The maximum absolute atomic E-state index is 6.09. The van der Waals surface area contributed by atoms with Crippen molar-refractivity contribution in [2.75, 3.05) is 5.73 Å². The molecule has 0 aromatic carbocycles. The normalized spacial score (nSPS) is 25.9. The Morgan fingerprint density at radius 3 is 2.62 bits per heavy atom. The molecule has 0 unspecified atom stereocenters. The van der Waals surface area contributed by atoms with E-state index in [-0.39, 0.29) is 0 Å².